The van der Waals surface area contributed by atoms with E-state index in [0.29, 0.717) is 6.42 Å². The van der Waals surface area contributed by atoms with E-state index in [2.05, 4.69) is 0 Å². The van der Waals surface area contributed by atoms with Crippen LogP contribution < -0.4 is 4.74 Å². The molecule has 2 aromatic carbocycles. The molecule has 2 rings (SSSR count). The molecule has 0 radical (unpaired) electrons. The molecule has 0 amide bonds. The van der Waals surface area contributed by atoms with E-state index in [-0.39, 0.29) is 11.5 Å². The smallest absolute Gasteiger partial charge is 0.207 e. The van der Waals surface area contributed by atoms with Gasteiger partial charge < -0.3 is 4.74 Å². The first-order chi connectivity index (χ1) is 8.19. The Balaban J connectivity index is 2.28. The van der Waals surface area contributed by atoms with Gasteiger partial charge in [0.2, 0.25) is 6.54 Å². The van der Waals surface area contributed by atoms with Crippen molar-refractivity contribution in [1.29, 1.82) is 0 Å². The van der Waals surface area contributed by atoms with Gasteiger partial charge in [0.25, 0.3) is 0 Å². The molecule has 0 aliphatic heterocycles. The van der Waals surface area contributed by atoms with E-state index >= 15 is 0 Å². The number of hydrogen-bond acceptors (Lipinski definition) is 3. The van der Waals surface area contributed by atoms with E-state index in [1.165, 1.54) is 0 Å². The number of benzene rings is 2. The minimum absolute atomic E-state index is 0.0261. The summed E-state index contributed by atoms with van der Waals surface area (Å²) in [6.07, 6.45) is 0.467. The van der Waals surface area contributed by atoms with Gasteiger partial charge in [0.05, 0.1) is 7.11 Å². The van der Waals surface area contributed by atoms with Crippen molar-refractivity contribution in [2.45, 2.75) is 6.42 Å². The Hall–Kier alpha value is -2.10. The lowest BCUT2D eigenvalue weighted by Gasteiger charge is -2.04. The average molecular weight is 231 g/mol. The maximum Gasteiger partial charge on any atom is 0.207 e. The van der Waals surface area contributed by atoms with Crippen LogP contribution in [0.3, 0.4) is 0 Å². The second kappa shape index (κ2) is 4.82. The highest BCUT2D eigenvalue weighted by atomic mass is 16.6. The SMILES string of the molecule is COc1ccc2cc(CC[N+](=O)[O-])ccc2c1. The van der Waals surface area contributed by atoms with Crippen molar-refractivity contribution >= 4 is 10.8 Å². The molecule has 4 heteroatoms. The van der Waals surface area contributed by atoms with Gasteiger partial charge in [0, 0.05) is 11.3 Å². The second-order valence-corrected chi connectivity index (χ2v) is 3.85. The summed E-state index contributed by atoms with van der Waals surface area (Å²) >= 11 is 0. The van der Waals surface area contributed by atoms with Crippen LogP contribution in [0.15, 0.2) is 36.4 Å². The highest BCUT2D eigenvalue weighted by molar-refractivity contribution is 5.84. The first kappa shape index (κ1) is 11.4. The van der Waals surface area contributed by atoms with Crippen LogP contribution in [0.4, 0.5) is 0 Å². The predicted octanol–water partition coefficient (Wildman–Crippen LogP) is 2.67. The quantitative estimate of drug-likeness (QED) is 0.600. The monoisotopic (exact) mass is 231 g/mol. The van der Waals surface area contributed by atoms with Crippen molar-refractivity contribution in [3.63, 3.8) is 0 Å². The Bertz CT molecular complexity index is 551. The molecule has 0 N–H and O–H groups in total. The molecule has 0 fully saturated rings. The summed E-state index contributed by atoms with van der Waals surface area (Å²) in [6, 6.07) is 11.7. The number of hydrogen-bond donors (Lipinski definition) is 0. The number of nitrogens with zero attached hydrogens (tertiary/aromatic N) is 1. The van der Waals surface area contributed by atoms with E-state index in [1.807, 2.05) is 36.4 Å². The first-order valence-corrected chi connectivity index (χ1v) is 5.37. The minimum atomic E-state index is -0.293. The van der Waals surface area contributed by atoms with Gasteiger partial charge >= 0.3 is 0 Å². The Morgan fingerprint density at radius 2 is 1.88 bits per heavy atom. The van der Waals surface area contributed by atoms with Crippen molar-refractivity contribution in [1.82, 2.24) is 0 Å². The van der Waals surface area contributed by atoms with Crippen LogP contribution in [0.25, 0.3) is 10.8 Å². The molecule has 0 aliphatic carbocycles. The molecule has 88 valence electrons. The molecular formula is C13H13NO3. The van der Waals surface area contributed by atoms with Crippen molar-refractivity contribution in [2.24, 2.45) is 0 Å². The lowest BCUT2D eigenvalue weighted by atomic mass is 10.0. The highest BCUT2D eigenvalue weighted by Gasteiger charge is 2.02. The lowest BCUT2D eigenvalue weighted by molar-refractivity contribution is -0.479. The van der Waals surface area contributed by atoms with Gasteiger partial charge in [-0.2, -0.15) is 0 Å². The fraction of sp³-hybridized carbons (Fsp3) is 0.231. The first-order valence-electron chi connectivity index (χ1n) is 5.37. The Morgan fingerprint density at radius 1 is 1.18 bits per heavy atom. The third kappa shape index (κ3) is 2.72. The molecule has 0 saturated heterocycles. The Labute approximate surface area is 99.0 Å². The lowest BCUT2D eigenvalue weighted by Crippen LogP contribution is -2.03. The zero-order chi connectivity index (χ0) is 12.3. The van der Waals surface area contributed by atoms with Crippen LogP contribution in [0.1, 0.15) is 5.56 Å². The van der Waals surface area contributed by atoms with Crippen LogP contribution in [-0.4, -0.2) is 18.6 Å². The maximum absolute atomic E-state index is 10.3. The molecule has 0 atom stereocenters. The summed E-state index contributed by atoms with van der Waals surface area (Å²) in [5.41, 5.74) is 0.986. The van der Waals surface area contributed by atoms with E-state index in [4.69, 9.17) is 4.74 Å². The highest BCUT2D eigenvalue weighted by Crippen LogP contribution is 2.21. The molecule has 0 bridgehead atoms. The zero-order valence-corrected chi connectivity index (χ0v) is 9.55. The van der Waals surface area contributed by atoms with Crippen LogP contribution in [0.5, 0.6) is 5.75 Å². The molecule has 0 spiro atoms. The van der Waals surface area contributed by atoms with E-state index in [1.54, 1.807) is 7.11 Å². The summed E-state index contributed by atoms with van der Waals surface area (Å²) in [4.78, 5) is 10.0. The van der Waals surface area contributed by atoms with Gasteiger partial charge in [-0.1, -0.05) is 24.3 Å². The molecule has 17 heavy (non-hydrogen) atoms. The van der Waals surface area contributed by atoms with Gasteiger partial charge in [-0.3, -0.25) is 10.1 Å². The summed E-state index contributed by atoms with van der Waals surface area (Å²) in [6.45, 7) is -0.0261. The van der Waals surface area contributed by atoms with Crippen molar-refractivity contribution in [3.8, 4) is 5.75 Å². The van der Waals surface area contributed by atoms with Gasteiger partial charge in [-0.05, 0) is 28.5 Å². The summed E-state index contributed by atoms with van der Waals surface area (Å²) in [5, 5.41) is 12.5. The number of rotatable bonds is 4. The molecule has 4 nitrogen and oxygen atoms in total. The number of ether oxygens (including phenoxy) is 1. The summed E-state index contributed by atoms with van der Waals surface area (Å²) < 4.78 is 5.14. The van der Waals surface area contributed by atoms with Gasteiger partial charge in [-0.15, -0.1) is 0 Å². The third-order valence-electron chi connectivity index (χ3n) is 2.69. The van der Waals surface area contributed by atoms with Crippen molar-refractivity contribution < 1.29 is 9.66 Å². The molecular weight excluding hydrogens is 218 g/mol. The van der Waals surface area contributed by atoms with Gasteiger partial charge in [0.15, 0.2) is 0 Å². The molecule has 0 unspecified atom stereocenters. The van der Waals surface area contributed by atoms with Gasteiger partial charge in [0.1, 0.15) is 5.75 Å². The molecule has 0 aliphatic rings. The standard InChI is InChI=1S/C13H13NO3/c1-17-13-5-4-11-8-10(6-7-14(15)16)2-3-12(11)9-13/h2-5,8-9H,6-7H2,1H3. The van der Waals surface area contributed by atoms with E-state index < -0.39 is 0 Å². The Morgan fingerprint density at radius 3 is 2.59 bits per heavy atom. The van der Waals surface area contributed by atoms with E-state index in [9.17, 15) is 10.1 Å². The van der Waals surface area contributed by atoms with E-state index in [0.717, 1.165) is 22.1 Å². The number of fused-ring (bicyclic) bond motifs is 1. The fourth-order valence-corrected chi connectivity index (χ4v) is 1.78. The molecule has 2 aromatic rings. The average Bonchev–Trinajstić information content (AvgIpc) is 2.35. The topological polar surface area (TPSA) is 52.4 Å². The largest absolute Gasteiger partial charge is 0.497 e. The number of nitro groups is 1. The normalized spacial score (nSPS) is 10.4. The second-order valence-electron chi connectivity index (χ2n) is 3.85. The summed E-state index contributed by atoms with van der Waals surface area (Å²) in [5.74, 6) is 0.815. The van der Waals surface area contributed by atoms with Crippen molar-refractivity contribution in [2.75, 3.05) is 13.7 Å². The fourth-order valence-electron chi connectivity index (χ4n) is 1.78. The van der Waals surface area contributed by atoms with Crippen LogP contribution >= 0.6 is 0 Å². The predicted molar refractivity (Wildman–Crippen MR) is 66.1 cm³/mol. The summed E-state index contributed by atoms with van der Waals surface area (Å²) in [7, 11) is 1.63. The zero-order valence-electron chi connectivity index (χ0n) is 9.55. The van der Waals surface area contributed by atoms with Crippen molar-refractivity contribution in [3.05, 3.63) is 52.1 Å². The van der Waals surface area contributed by atoms with Crippen LogP contribution in [0, 0.1) is 10.1 Å². The number of methoxy groups -OCH3 is 1. The Kier molecular flexibility index (Phi) is 3.23. The maximum atomic E-state index is 10.3. The van der Waals surface area contributed by atoms with Crippen LogP contribution in [0.2, 0.25) is 0 Å². The molecule has 0 saturated carbocycles. The minimum Gasteiger partial charge on any atom is -0.497 e. The molecule has 0 heterocycles. The van der Waals surface area contributed by atoms with Gasteiger partial charge in [-0.25, -0.2) is 0 Å². The molecule has 0 aromatic heterocycles. The van der Waals surface area contributed by atoms with Crippen LogP contribution in [-0.2, 0) is 6.42 Å². The third-order valence-corrected chi connectivity index (χ3v) is 2.69.